The van der Waals surface area contributed by atoms with Crippen LogP contribution in [0.25, 0.3) is 0 Å². The first-order valence-corrected chi connectivity index (χ1v) is 13.3. The molecule has 2 N–H and O–H groups in total. The summed E-state index contributed by atoms with van der Waals surface area (Å²) in [4.78, 5) is 13.9. The van der Waals surface area contributed by atoms with Crippen molar-refractivity contribution in [3.8, 4) is 5.75 Å². The van der Waals surface area contributed by atoms with Gasteiger partial charge in [-0.1, -0.05) is 36.4 Å². The molecular weight excluding hydrogens is 454 g/mol. The molecule has 2 aliphatic rings. The van der Waals surface area contributed by atoms with E-state index in [1.807, 2.05) is 6.07 Å². The maximum Gasteiger partial charge on any atom is 0.246 e. The topological polar surface area (TPSA) is 99.2 Å². The second-order valence-electron chi connectivity index (χ2n) is 8.92. The third-order valence-corrected chi connectivity index (χ3v) is 8.30. The molecule has 2 unspecified atom stereocenters. The lowest BCUT2D eigenvalue weighted by atomic mass is 10.00. The zero-order valence-electron chi connectivity index (χ0n) is 19.3. The fourth-order valence-corrected chi connectivity index (χ4v) is 6.21. The molecule has 2 atom stereocenters. The van der Waals surface area contributed by atoms with E-state index in [0.717, 1.165) is 32.4 Å². The summed E-state index contributed by atoms with van der Waals surface area (Å²) in [7, 11) is -3.67. The smallest absolute Gasteiger partial charge is 0.246 e. The molecule has 0 aromatic heterocycles. The van der Waals surface area contributed by atoms with Gasteiger partial charge < -0.3 is 15.2 Å². The van der Waals surface area contributed by atoms with Gasteiger partial charge in [0, 0.05) is 45.8 Å². The standard InChI is InChI=1S/C25H33N3O5S/c29-19-23(33-24-9-3-4-10-25(24)34(31,32)28-12-5-6-13-28)16-26-15-22(30)18-27-14-11-20-7-1-2-8-21(20)17-27/h1-4,7-10,19,22-23,26,30H,5-6,11-18H2. The van der Waals surface area contributed by atoms with Gasteiger partial charge in [0.2, 0.25) is 10.0 Å². The number of hydrogen-bond donors (Lipinski definition) is 2. The minimum absolute atomic E-state index is 0.0779. The quantitative estimate of drug-likeness (QED) is 0.463. The van der Waals surface area contributed by atoms with Crippen LogP contribution < -0.4 is 10.1 Å². The van der Waals surface area contributed by atoms with Crippen molar-refractivity contribution >= 4 is 16.3 Å². The van der Waals surface area contributed by atoms with Crippen LogP contribution in [-0.2, 0) is 27.8 Å². The fraction of sp³-hybridized carbons (Fsp3) is 0.480. The number of hydrogen-bond acceptors (Lipinski definition) is 7. The van der Waals surface area contributed by atoms with Gasteiger partial charge in [0.05, 0.1) is 6.10 Å². The lowest BCUT2D eigenvalue weighted by Crippen LogP contribution is -2.43. The van der Waals surface area contributed by atoms with Crippen molar-refractivity contribution in [2.45, 2.75) is 42.9 Å². The molecule has 0 amide bonds. The van der Waals surface area contributed by atoms with E-state index in [2.05, 4.69) is 28.4 Å². The van der Waals surface area contributed by atoms with Crippen molar-refractivity contribution in [3.63, 3.8) is 0 Å². The van der Waals surface area contributed by atoms with Gasteiger partial charge in [-0.15, -0.1) is 0 Å². The highest BCUT2D eigenvalue weighted by molar-refractivity contribution is 7.89. The van der Waals surface area contributed by atoms with Gasteiger partial charge in [-0.3, -0.25) is 9.69 Å². The number of benzene rings is 2. The lowest BCUT2D eigenvalue weighted by Gasteiger charge is -2.30. The van der Waals surface area contributed by atoms with Gasteiger partial charge >= 0.3 is 0 Å². The van der Waals surface area contributed by atoms with E-state index >= 15 is 0 Å². The van der Waals surface area contributed by atoms with Gasteiger partial charge in [-0.25, -0.2) is 8.42 Å². The lowest BCUT2D eigenvalue weighted by molar-refractivity contribution is -0.113. The third-order valence-electron chi connectivity index (χ3n) is 6.37. The van der Waals surface area contributed by atoms with Gasteiger partial charge in [-0.05, 0) is 42.5 Å². The summed E-state index contributed by atoms with van der Waals surface area (Å²) in [5, 5.41) is 13.6. The molecule has 34 heavy (non-hydrogen) atoms. The van der Waals surface area contributed by atoms with E-state index in [-0.39, 0.29) is 17.2 Å². The second-order valence-corrected chi connectivity index (χ2v) is 10.8. The van der Waals surface area contributed by atoms with Crippen LogP contribution in [0.15, 0.2) is 53.4 Å². The molecule has 0 radical (unpaired) electrons. The number of ether oxygens (including phenoxy) is 1. The van der Waals surface area contributed by atoms with Gasteiger partial charge in [0.1, 0.15) is 10.6 Å². The highest BCUT2D eigenvalue weighted by Gasteiger charge is 2.30. The largest absolute Gasteiger partial charge is 0.480 e. The number of rotatable bonds is 11. The van der Waals surface area contributed by atoms with Crippen molar-refractivity contribution < 1.29 is 23.1 Å². The Hall–Kier alpha value is -2.30. The Morgan fingerprint density at radius 2 is 1.71 bits per heavy atom. The monoisotopic (exact) mass is 487 g/mol. The number of para-hydroxylation sites is 1. The van der Waals surface area contributed by atoms with Crippen LogP contribution in [-0.4, -0.2) is 80.5 Å². The maximum absolute atomic E-state index is 13.0. The average molecular weight is 488 g/mol. The first-order valence-electron chi connectivity index (χ1n) is 11.9. The van der Waals surface area contributed by atoms with E-state index in [0.29, 0.717) is 32.5 Å². The second kappa shape index (κ2) is 11.4. The molecule has 9 heteroatoms. The summed E-state index contributed by atoms with van der Waals surface area (Å²) < 4.78 is 33.2. The van der Waals surface area contributed by atoms with Crippen molar-refractivity contribution in [2.24, 2.45) is 0 Å². The normalized spacial score (nSPS) is 18.9. The van der Waals surface area contributed by atoms with E-state index in [9.17, 15) is 18.3 Å². The molecule has 184 valence electrons. The molecule has 2 aromatic carbocycles. The molecule has 2 aromatic rings. The zero-order chi connectivity index (χ0) is 24.0. The number of β-amino-alcohol motifs (C(OH)–C–C–N with tert-alkyl or cyclic N) is 1. The van der Waals surface area contributed by atoms with E-state index < -0.39 is 22.2 Å². The summed E-state index contributed by atoms with van der Waals surface area (Å²) in [6.45, 7) is 3.71. The van der Waals surface area contributed by atoms with E-state index in [1.54, 1.807) is 18.2 Å². The Balaban J connectivity index is 1.28. The van der Waals surface area contributed by atoms with Gasteiger partial charge in [0.25, 0.3) is 0 Å². The molecule has 0 aliphatic carbocycles. The SMILES string of the molecule is O=CC(CNCC(O)CN1CCc2ccccc2C1)Oc1ccccc1S(=O)(=O)N1CCCC1. The predicted molar refractivity (Wildman–Crippen MR) is 129 cm³/mol. The Morgan fingerprint density at radius 3 is 2.47 bits per heavy atom. The van der Waals surface area contributed by atoms with E-state index in [1.165, 1.54) is 21.5 Å². The first kappa shape index (κ1) is 24.8. The van der Waals surface area contributed by atoms with Crippen LogP contribution in [0.1, 0.15) is 24.0 Å². The average Bonchev–Trinajstić information content (AvgIpc) is 3.40. The van der Waals surface area contributed by atoms with Crippen LogP contribution in [0.3, 0.4) is 0 Å². The molecular formula is C25H33N3O5S. The van der Waals surface area contributed by atoms with Crippen molar-refractivity contribution in [1.29, 1.82) is 0 Å². The molecule has 1 saturated heterocycles. The minimum atomic E-state index is -3.67. The highest BCUT2D eigenvalue weighted by Crippen LogP contribution is 2.29. The summed E-state index contributed by atoms with van der Waals surface area (Å²) in [6.07, 6.45) is 1.84. The number of nitrogens with zero attached hydrogens (tertiary/aromatic N) is 2. The molecule has 2 heterocycles. The Kier molecular flexibility index (Phi) is 8.33. The number of carbonyl (C=O) groups is 1. The summed E-state index contributed by atoms with van der Waals surface area (Å²) >= 11 is 0. The van der Waals surface area contributed by atoms with Crippen molar-refractivity contribution in [2.75, 3.05) is 39.3 Å². The Bertz CT molecular complexity index is 1070. The Labute approximate surface area is 201 Å². The minimum Gasteiger partial charge on any atom is -0.480 e. The third kappa shape index (κ3) is 6.03. The summed E-state index contributed by atoms with van der Waals surface area (Å²) in [5.74, 6) is 0.167. The van der Waals surface area contributed by atoms with Crippen LogP contribution in [0.2, 0.25) is 0 Å². The fourth-order valence-electron chi connectivity index (χ4n) is 4.57. The highest BCUT2D eigenvalue weighted by atomic mass is 32.2. The molecule has 1 fully saturated rings. The maximum atomic E-state index is 13.0. The van der Waals surface area contributed by atoms with Crippen molar-refractivity contribution in [3.05, 3.63) is 59.7 Å². The zero-order valence-corrected chi connectivity index (χ0v) is 20.1. The van der Waals surface area contributed by atoms with Crippen LogP contribution in [0.5, 0.6) is 5.75 Å². The number of aliphatic hydroxyl groups excluding tert-OH is 1. The Morgan fingerprint density at radius 1 is 1.00 bits per heavy atom. The first-order chi connectivity index (χ1) is 16.5. The van der Waals surface area contributed by atoms with Gasteiger partial charge in [0.15, 0.2) is 12.4 Å². The number of nitrogens with one attached hydrogen (secondary N) is 1. The van der Waals surface area contributed by atoms with Crippen LogP contribution in [0.4, 0.5) is 0 Å². The number of carbonyl (C=O) groups excluding carboxylic acids is 1. The number of aliphatic hydroxyl groups is 1. The number of fused-ring (bicyclic) bond motifs is 1. The molecule has 0 spiro atoms. The number of aldehydes is 1. The van der Waals surface area contributed by atoms with Crippen molar-refractivity contribution in [1.82, 2.24) is 14.5 Å². The van der Waals surface area contributed by atoms with Crippen LogP contribution >= 0.6 is 0 Å². The van der Waals surface area contributed by atoms with E-state index in [4.69, 9.17) is 4.74 Å². The summed E-state index contributed by atoms with van der Waals surface area (Å²) in [6, 6.07) is 14.8. The van der Waals surface area contributed by atoms with Crippen LogP contribution in [0, 0.1) is 0 Å². The molecule has 8 nitrogen and oxygen atoms in total. The van der Waals surface area contributed by atoms with Gasteiger partial charge in [-0.2, -0.15) is 4.31 Å². The predicted octanol–water partition coefficient (Wildman–Crippen LogP) is 1.43. The summed E-state index contributed by atoms with van der Waals surface area (Å²) in [5.41, 5.74) is 2.66. The molecule has 0 bridgehead atoms. The molecule has 4 rings (SSSR count). The number of sulfonamides is 1. The molecule has 2 aliphatic heterocycles. The molecule has 0 saturated carbocycles.